The first-order valence-corrected chi connectivity index (χ1v) is 5.68. The van der Waals surface area contributed by atoms with Crippen LogP contribution in [0.4, 0.5) is 0 Å². The van der Waals surface area contributed by atoms with Crippen LogP contribution in [0.3, 0.4) is 0 Å². The number of nitrogens with one attached hydrogen (secondary N) is 1. The standard InChI is InChI=1S/C13H18N2O/c1-9-5-3-4-6-11(9)10(2)15-12(16)13(14)7-8-13/h3-6,10H,7-8,14H2,1-2H3,(H,15,16)/t10-/m1/s1. The van der Waals surface area contributed by atoms with E-state index in [-0.39, 0.29) is 11.9 Å². The molecule has 86 valence electrons. The molecule has 1 aliphatic carbocycles. The van der Waals surface area contributed by atoms with Crippen LogP contribution in [-0.4, -0.2) is 11.4 Å². The number of hydrogen-bond acceptors (Lipinski definition) is 2. The number of carbonyl (C=O) groups is 1. The molecule has 0 aromatic heterocycles. The Balaban J connectivity index is 2.06. The van der Waals surface area contributed by atoms with Crippen molar-refractivity contribution in [1.82, 2.24) is 5.32 Å². The van der Waals surface area contributed by atoms with Gasteiger partial charge in [0.15, 0.2) is 0 Å². The van der Waals surface area contributed by atoms with Gasteiger partial charge in [0.1, 0.15) is 0 Å². The van der Waals surface area contributed by atoms with E-state index < -0.39 is 5.54 Å². The van der Waals surface area contributed by atoms with Gasteiger partial charge in [-0.2, -0.15) is 0 Å². The number of carbonyl (C=O) groups excluding carboxylic acids is 1. The van der Waals surface area contributed by atoms with Gasteiger partial charge in [-0.3, -0.25) is 4.79 Å². The summed E-state index contributed by atoms with van der Waals surface area (Å²) in [5, 5.41) is 2.98. The summed E-state index contributed by atoms with van der Waals surface area (Å²) < 4.78 is 0. The van der Waals surface area contributed by atoms with E-state index in [0.717, 1.165) is 18.4 Å². The van der Waals surface area contributed by atoms with E-state index in [2.05, 4.69) is 5.32 Å². The van der Waals surface area contributed by atoms with E-state index in [1.807, 2.05) is 38.1 Å². The monoisotopic (exact) mass is 218 g/mol. The van der Waals surface area contributed by atoms with Crippen molar-refractivity contribution in [2.45, 2.75) is 38.3 Å². The number of hydrogen-bond donors (Lipinski definition) is 2. The van der Waals surface area contributed by atoms with Gasteiger partial charge in [0.25, 0.3) is 0 Å². The fourth-order valence-electron chi connectivity index (χ4n) is 1.85. The van der Waals surface area contributed by atoms with Gasteiger partial charge in [0.2, 0.25) is 5.91 Å². The minimum Gasteiger partial charge on any atom is -0.348 e. The normalized spacial score (nSPS) is 18.9. The molecule has 0 aliphatic heterocycles. The molecule has 1 amide bonds. The lowest BCUT2D eigenvalue weighted by Crippen LogP contribution is -2.43. The molecule has 1 aromatic rings. The van der Waals surface area contributed by atoms with Gasteiger partial charge >= 0.3 is 0 Å². The largest absolute Gasteiger partial charge is 0.348 e. The van der Waals surface area contributed by atoms with Crippen molar-refractivity contribution < 1.29 is 4.79 Å². The lowest BCUT2D eigenvalue weighted by Gasteiger charge is -2.18. The molecule has 0 saturated heterocycles. The Bertz CT molecular complexity index is 410. The Labute approximate surface area is 96.0 Å². The van der Waals surface area contributed by atoms with E-state index in [1.54, 1.807) is 0 Å². The maximum absolute atomic E-state index is 11.8. The summed E-state index contributed by atoms with van der Waals surface area (Å²) in [6.45, 7) is 4.04. The minimum absolute atomic E-state index is 0.0229. The van der Waals surface area contributed by atoms with Crippen molar-refractivity contribution >= 4 is 5.91 Å². The van der Waals surface area contributed by atoms with E-state index in [9.17, 15) is 4.79 Å². The summed E-state index contributed by atoms with van der Waals surface area (Å²) >= 11 is 0. The molecule has 16 heavy (non-hydrogen) atoms. The molecule has 0 bridgehead atoms. The zero-order valence-electron chi connectivity index (χ0n) is 9.79. The molecular formula is C13H18N2O. The highest BCUT2D eigenvalue weighted by atomic mass is 16.2. The third kappa shape index (κ3) is 2.09. The molecule has 3 heteroatoms. The highest BCUT2D eigenvalue weighted by Gasteiger charge is 2.46. The Morgan fingerprint density at radius 3 is 2.62 bits per heavy atom. The van der Waals surface area contributed by atoms with Crippen LogP contribution in [0.5, 0.6) is 0 Å². The molecule has 2 rings (SSSR count). The third-order valence-electron chi connectivity index (χ3n) is 3.24. The molecule has 1 aliphatic rings. The zero-order chi connectivity index (χ0) is 11.8. The first-order chi connectivity index (χ1) is 7.53. The van der Waals surface area contributed by atoms with E-state index in [1.165, 1.54) is 5.56 Å². The summed E-state index contributed by atoms with van der Waals surface area (Å²) in [6.07, 6.45) is 1.61. The Kier molecular flexibility index (Phi) is 2.72. The Hall–Kier alpha value is -1.35. The van der Waals surface area contributed by atoms with E-state index in [4.69, 9.17) is 5.73 Å². The van der Waals surface area contributed by atoms with Crippen LogP contribution in [0.1, 0.15) is 36.9 Å². The highest BCUT2D eigenvalue weighted by Crippen LogP contribution is 2.33. The molecule has 3 N–H and O–H groups in total. The maximum Gasteiger partial charge on any atom is 0.240 e. The second-order valence-corrected chi connectivity index (χ2v) is 4.71. The van der Waals surface area contributed by atoms with Crippen LogP contribution in [0.25, 0.3) is 0 Å². The van der Waals surface area contributed by atoms with Crippen molar-refractivity contribution in [2.75, 3.05) is 0 Å². The molecule has 1 atom stereocenters. The lowest BCUT2D eigenvalue weighted by molar-refractivity contribution is -0.123. The van der Waals surface area contributed by atoms with Gasteiger partial charge in [-0.1, -0.05) is 24.3 Å². The Morgan fingerprint density at radius 2 is 2.06 bits per heavy atom. The number of benzene rings is 1. The Morgan fingerprint density at radius 1 is 1.44 bits per heavy atom. The molecule has 1 fully saturated rings. The number of aryl methyl sites for hydroxylation is 1. The molecule has 0 heterocycles. The maximum atomic E-state index is 11.8. The molecular weight excluding hydrogens is 200 g/mol. The van der Waals surface area contributed by atoms with Gasteiger partial charge in [-0.25, -0.2) is 0 Å². The van der Waals surface area contributed by atoms with Crippen LogP contribution in [0.15, 0.2) is 24.3 Å². The van der Waals surface area contributed by atoms with Gasteiger partial charge < -0.3 is 11.1 Å². The molecule has 0 unspecified atom stereocenters. The van der Waals surface area contributed by atoms with Crippen molar-refractivity contribution in [1.29, 1.82) is 0 Å². The average molecular weight is 218 g/mol. The van der Waals surface area contributed by atoms with Crippen LogP contribution in [0.2, 0.25) is 0 Å². The summed E-state index contributed by atoms with van der Waals surface area (Å²) in [7, 11) is 0. The van der Waals surface area contributed by atoms with Gasteiger partial charge in [-0.05, 0) is 37.8 Å². The summed E-state index contributed by atoms with van der Waals surface area (Å²) in [6, 6.07) is 8.10. The van der Waals surface area contributed by atoms with Crippen molar-refractivity contribution in [2.24, 2.45) is 5.73 Å². The number of amides is 1. The van der Waals surface area contributed by atoms with Crippen molar-refractivity contribution in [3.05, 3.63) is 35.4 Å². The SMILES string of the molecule is Cc1ccccc1[C@@H](C)NC(=O)C1(N)CC1. The van der Waals surface area contributed by atoms with Crippen LogP contribution < -0.4 is 11.1 Å². The molecule has 0 spiro atoms. The van der Waals surface area contributed by atoms with E-state index in [0.29, 0.717) is 0 Å². The summed E-state index contributed by atoms with van der Waals surface area (Å²) in [4.78, 5) is 11.8. The lowest BCUT2D eigenvalue weighted by atomic mass is 10.0. The third-order valence-corrected chi connectivity index (χ3v) is 3.24. The fourth-order valence-corrected chi connectivity index (χ4v) is 1.85. The first-order valence-electron chi connectivity index (χ1n) is 5.68. The van der Waals surface area contributed by atoms with Crippen LogP contribution in [0, 0.1) is 6.92 Å². The van der Waals surface area contributed by atoms with Gasteiger partial charge in [0, 0.05) is 0 Å². The van der Waals surface area contributed by atoms with E-state index >= 15 is 0 Å². The van der Waals surface area contributed by atoms with Crippen LogP contribution >= 0.6 is 0 Å². The first kappa shape index (κ1) is 11.1. The predicted octanol–water partition coefficient (Wildman–Crippen LogP) is 1.66. The van der Waals surface area contributed by atoms with Gasteiger partial charge in [-0.15, -0.1) is 0 Å². The quantitative estimate of drug-likeness (QED) is 0.810. The molecule has 0 radical (unpaired) electrons. The molecule has 3 nitrogen and oxygen atoms in total. The highest BCUT2D eigenvalue weighted by molar-refractivity contribution is 5.89. The van der Waals surface area contributed by atoms with Gasteiger partial charge in [0.05, 0.1) is 11.6 Å². The second kappa shape index (κ2) is 3.91. The summed E-state index contributed by atoms with van der Waals surface area (Å²) in [5.74, 6) is -0.0248. The predicted molar refractivity (Wildman–Crippen MR) is 63.9 cm³/mol. The number of nitrogens with two attached hydrogens (primary N) is 1. The molecule has 1 aromatic carbocycles. The topological polar surface area (TPSA) is 55.1 Å². The zero-order valence-corrected chi connectivity index (χ0v) is 9.79. The summed E-state index contributed by atoms with van der Waals surface area (Å²) in [5.41, 5.74) is 7.60. The average Bonchev–Trinajstić information content (AvgIpc) is 2.98. The second-order valence-electron chi connectivity index (χ2n) is 4.71. The minimum atomic E-state index is -0.586. The molecule has 1 saturated carbocycles. The van der Waals surface area contributed by atoms with Crippen molar-refractivity contribution in [3.8, 4) is 0 Å². The fraction of sp³-hybridized carbons (Fsp3) is 0.462. The van der Waals surface area contributed by atoms with Crippen LogP contribution in [-0.2, 0) is 4.79 Å². The number of rotatable bonds is 3. The van der Waals surface area contributed by atoms with Crippen molar-refractivity contribution in [3.63, 3.8) is 0 Å². The smallest absolute Gasteiger partial charge is 0.240 e.